The Balaban J connectivity index is 1.86. The van der Waals surface area contributed by atoms with E-state index >= 15 is 0 Å². The zero-order chi connectivity index (χ0) is 13.1. The maximum absolute atomic E-state index is 11.9. The van der Waals surface area contributed by atoms with E-state index in [-0.39, 0.29) is 5.91 Å². The SMILES string of the molecule is CC(CNC(=O)c1cn(C2CNC2)nn1)N(C)C. The molecule has 7 nitrogen and oxygen atoms in total. The molecule has 0 spiro atoms. The van der Waals surface area contributed by atoms with E-state index in [2.05, 4.69) is 32.8 Å². The minimum absolute atomic E-state index is 0.165. The Morgan fingerprint density at radius 3 is 2.94 bits per heavy atom. The highest BCUT2D eigenvalue weighted by atomic mass is 16.2. The van der Waals surface area contributed by atoms with E-state index < -0.39 is 0 Å². The van der Waals surface area contributed by atoms with Crippen LogP contribution in [0.2, 0.25) is 0 Å². The first kappa shape index (κ1) is 13.0. The molecule has 100 valence electrons. The monoisotopic (exact) mass is 252 g/mol. The number of hydrogen-bond acceptors (Lipinski definition) is 5. The van der Waals surface area contributed by atoms with Crippen molar-refractivity contribution in [3.8, 4) is 0 Å². The van der Waals surface area contributed by atoms with E-state index in [1.807, 2.05) is 14.1 Å². The van der Waals surface area contributed by atoms with Gasteiger partial charge in [-0.25, -0.2) is 4.68 Å². The fraction of sp³-hybridized carbons (Fsp3) is 0.727. The molecule has 1 aliphatic heterocycles. The van der Waals surface area contributed by atoms with Crippen molar-refractivity contribution in [2.45, 2.75) is 19.0 Å². The molecule has 1 saturated heterocycles. The van der Waals surface area contributed by atoms with Crippen LogP contribution in [-0.2, 0) is 0 Å². The van der Waals surface area contributed by atoms with Gasteiger partial charge >= 0.3 is 0 Å². The Labute approximate surface area is 107 Å². The van der Waals surface area contributed by atoms with Crippen molar-refractivity contribution in [1.29, 1.82) is 0 Å². The predicted octanol–water partition coefficient (Wildman–Crippen LogP) is -0.898. The molecular formula is C11H20N6O. The molecule has 18 heavy (non-hydrogen) atoms. The zero-order valence-corrected chi connectivity index (χ0v) is 11.1. The Hall–Kier alpha value is -1.47. The van der Waals surface area contributed by atoms with E-state index in [4.69, 9.17) is 0 Å². The van der Waals surface area contributed by atoms with Crippen LogP contribution >= 0.6 is 0 Å². The lowest BCUT2D eigenvalue weighted by Crippen LogP contribution is -2.43. The number of nitrogens with one attached hydrogen (secondary N) is 2. The molecule has 1 unspecified atom stereocenters. The lowest BCUT2D eigenvalue weighted by molar-refractivity contribution is 0.0938. The highest BCUT2D eigenvalue weighted by Gasteiger charge is 2.21. The van der Waals surface area contributed by atoms with Crippen molar-refractivity contribution in [2.75, 3.05) is 33.7 Å². The average Bonchev–Trinajstić information content (AvgIpc) is 2.72. The molecule has 1 aliphatic rings. The lowest BCUT2D eigenvalue weighted by Gasteiger charge is -2.26. The Kier molecular flexibility index (Phi) is 3.93. The number of rotatable bonds is 5. The third-order valence-electron chi connectivity index (χ3n) is 3.32. The van der Waals surface area contributed by atoms with Crippen LogP contribution < -0.4 is 10.6 Å². The van der Waals surface area contributed by atoms with Gasteiger partial charge < -0.3 is 15.5 Å². The molecule has 1 atom stereocenters. The van der Waals surface area contributed by atoms with Gasteiger partial charge in [0.15, 0.2) is 5.69 Å². The van der Waals surface area contributed by atoms with Gasteiger partial charge in [0.2, 0.25) is 0 Å². The van der Waals surface area contributed by atoms with E-state index in [1.54, 1.807) is 10.9 Å². The molecule has 0 aliphatic carbocycles. The summed E-state index contributed by atoms with van der Waals surface area (Å²) in [7, 11) is 3.97. The van der Waals surface area contributed by atoms with Crippen molar-refractivity contribution >= 4 is 5.91 Å². The molecule has 1 fully saturated rings. The fourth-order valence-electron chi connectivity index (χ4n) is 1.53. The van der Waals surface area contributed by atoms with E-state index in [9.17, 15) is 4.79 Å². The molecule has 1 aromatic heterocycles. The van der Waals surface area contributed by atoms with Gasteiger partial charge in [-0.05, 0) is 21.0 Å². The smallest absolute Gasteiger partial charge is 0.273 e. The number of carbonyl (C=O) groups excluding carboxylic acids is 1. The number of hydrogen-bond donors (Lipinski definition) is 2. The Morgan fingerprint density at radius 1 is 1.67 bits per heavy atom. The summed E-state index contributed by atoms with van der Waals surface area (Å²) in [5.74, 6) is -0.165. The summed E-state index contributed by atoms with van der Waals surface area (Å²) in [5, 5.41) is 13.9. The first-order valence-corrected chi connectivity index (χ1v) is 6.15. The van der Waals surface area contributed by atoms with Crippen molar-refractivity contribution in [2.24, 2.45) is 0 Å². The molecule has 0 bridgehead atoms. The maximum atomic E-state index is 11.9. The molecule has 2 N–H and O–H groups in total. The third-order valence-corrected chi connectivity index (χ3v) is 3.32. The van der Waals surface area contributed by atoms with Crippen LogP contribution in [0.3, 0.4) is 0 Å². The van der Waals surface area contributed by atoms with E-state index in [1.165, 1.54) is 0 Å². The molecule has 7 heteroatoms. The molecule has 0 saturated carbocycles. The van der Waals surface area contributed by atoms with Gasteiger partial charge in [0, 0.05) is 25.7 Å². The van der Waals surface area contributed by atoms with Crippen LogP contribution in [0.5, 0.6) is 0 Å². The lowest BCUT2D eigenvalue weighted by atomic mass is 10.2. The van der Waals surface area contributed by atoms with Crippen molar-refractivity contribution in [3.05, 3.63) is 11.9 Å². The molecule has 1 amide bonds. The normalized spacial score (nSPS) is 17.6. The average molecular weight is 252 g/mol. The summed E-state index contributed by atoms with van der Waals surface area (Å²) in [6.07, 6.45) is 1.71. The summed E-state index contributed by atoms with van der Waals surface area (Å²) in [5.41, 5.74) is 0.382. The standard InChI is InChI=1S/C11H20N6O/c1-8(16(2)3)4-13-11(18)10-7-17(15-14-10)9-5-12-6-9/h7-9,12H,4-6H2,1-3H3,(H,13,18). The van der Waals surface area contributed by atoms with Crippen LogP contribution in [-0.4, -0.2) is 65.6 Å². The third kappa shape index (κ3) is 2.85. The minimum Gasteiger partial charge on any atom is -0.349 e. The number of aromatic nitrogens is 3. The summed E-state index contributed by atoms with van der Waals surface area (Å²) in [6, 6.07) is 0.625. The number of nitrogens with zero attached hydrogens (tertiary/aromatic N) is 4. The number of likely N-dealkylation sites (N-methyl/N-ethyl adjacent to an activating group) is 1. The molecule has 0 aromatic carbocycles. The highest BCUT2D eigenvalue weighted by molar-refractivity contribution is 5.91. The quantitative estimate of drug-likeness (QED) is 0.710. The maximum Gasteiger partial charge on any atom is 0.273 e. The molecule has 2 heterocycles. The van der Waals surface area contributed by atoms with Crippen LogP contribution in [0.4, 0.5) is 0 Å². The van der Waals surface area contributed by atoms with E-state index in [0.29, 0.717) is 24.3 Å². The first-order valence-electron chi connectivity index (χ1n) is 6.15. The molecular weight excluding hydrogens is 232 g/mol. The van der Waals surface area contributed by atoms with Crippen LogP contribution in [0.15, 0.2) is 6.20 Å². The zero-order valence-electron chi connectivity index (χ0n) is 11.1. The van der Waals surface area contributed by atoms with E-state index in [0.717, 1.165) is 13.1 Å². The first-order chi connectivity index (χ1) is 8.58. The second-order valence-corrected chi connectivity index (χ2v) is 4.92. The second-order valence-electron chi connectivity index (χ2n) is 4.92. The Bertz CT molecular complexity index is 411. The molecule has 1 aromatic rings. The minimum atomic E-state index is -0.165. The van der Waals surface area contributed by atoms with Crippen molar-refractivity contribution in [1.82, 2.24) is 30.5 Å². The van der Waals surface area contributed by atoms with Crippen LogP contribution in [0, 0.1) is 0 Å². The molecule has 2 rings (SSSR count). The van der Waals surface area contributed by atoms with Crippen molar-refractivity contribution < 1.29 is 4.79 Å². The summed E-state index contributed by atoms with van der Waals surface area (Å²) < 4.78 is 1.75. The number of carbonyl (C=O) groups is 1. The van der Waals surface area contributed by atoms with Gasteiger partial charge in [0.05, 0.1) is 12.2 Å². The van der Waals surface area contributed by atoms with Gasteiger partial charge in [-0.2, -0.15) is 0 Å². The van der Waals surface area contributed by atoms with Gasteiger partial charge in [-0.3, -0.25) is 4.79 Å². The van der Waals surface area contributed by atoms with Crippen molar-refractivity contribution in [3.63, 3.8) is 0 Å². The van der Waals surface area contributed by atoms with Gasteiger partial charge in [0.25, 0.3) is 5.91 Å². The highest BCUT2D eigenvalue weighted by Crippen LogP contribution is 2.09. The summed E-state index contributed by atoms with van der Waals surface area (Å²) >= 11 is 0. The summed E-state index contributed by atoms with van der Waals surface area (Å²) in [4.78, 5) is 13.9. The predicted molar refractivity (Wildman–Crippen MR) is 67.4 cm³/mol. The van der Waals surface area contributed by atoms with Gasteiger partial charge in [0.1, 0.15) is 0 Å². The van der Waals surface area contributed by atoms with Crippen LogP contribution in [0.1, 0.15) is 23.5 Å². The largest absolute Gasteiger partial charge is 0.349 e. The van der Waals surface area contributed by atoms with Gasteiger partial charge in [-0.1, -0.05) is 5.21 Å². The second kappa shape index (κ2) is 5.45. The summed E-state index contributed by atoms with van der Waals surface area (Å²) in [6.45, 7) is 4.44. The fourth-order valence-corrected chi connectivity index (χ4v) is 1.53. The number of amides is 1. The molecule has 0 radical (unpaired) electrons. The van der Waals surface area contributed by atoms with Gasteiger partial charge in [-0.15, -0.1) is 5.10 Å². The Morgan fingerprint density at radius 2 is 2.39 bits per heavy atom. The topological polar surface area (TPSA) is 75.1 Å². The van der Waals surface area contributed by atoms with Crippen LogP contribution in [0.25, 0.3) is 0 Å².